The van der Waals surface area contributed by atoms with Crippen LogP contribution in [0.1, 0.15) is 33.6 Å². The molecule has 1 N–H and O–H groups in total. The first-order valence-electron chi connectivity index (χ1n) is 9.26. The molecule has 0 amide bonds. The molecule has 1 fully saturated rings. The molecule has 0 saturated carbocycles. The minimum atomic E-state index is 0.307. The molecule has 0 aromatic rings. The zero-order chi connectivity index (χ0) is 17.8. The van der Waals surface area contributed by atoms with Crippen molar-refractivity contribution in [1.29, 1.82) is 0 Å². The second-order valence-corrected chi connectivity index (χ2v) is 6.67. The summed E-state index contributed by atoms with van der Waals surface area (Å²) in [4.78, 5) is 6.76. The van der Waals surface area contributed by atoms with Crippen LogP contribution >= 0.6 is 0 Å². The summed E-state index contributed by atoms with van der Waals surface area (Å²) in [6.45, 7) is 12.3. The van der Waals surface area contributed by atoms with Crippen LogP contribution in [0.25, 0.3) is 0 Å². The SMILES string of the molecule is CCOC(CCNC(=NC)N1CCC(COCCOC)C1)C(C)C. The number of guanidine groups is 1. The van der Waals surface area contributed by atoms with Crippen molar-refractivity contribution in [3.63, 3.8) is 0 Å². The van der Waals surface area contributed by atoms with E-state index < -0.39 is 0 Å². The molecule has 0 bridgehead atoms. The lowest BCUT2D eigenvalue weighted by Crippen LogP contribution is -2.41. The summed E-state index contributed by atoms with van der Waals surface area (Å²) in [5, 5.41) is 3.49. The topological polar surface area (TPSA) is 55.3 Å². The van der Waals surface area contributed by atoms with Crippen LogP contribution < -0.4 is 5.32 Å². The molecule has 0 spiro atoms. The van der Waals surface area contributed by atoms with Gasteiger partial charge < -0.3 is 24.4 Å². The predicted octanol–water partition coefficient (Wildman–Crippen LogP) is 2.00. The number of likely N-dealkylation sites (tertiary alicyclic amines) is 1. The van der Waals surface area contributed by atoms with Crippen LogP contribution in [-0.2, 0) is 14.2 Å². The van der Waals surface area contributed by atoms with Crippen molar-refractivity contribution in [2.75, 3.05) is 60.2 Å². The van der Waals surface area contributed by atoms with E-state index in [0.717, 1.165) is 51.6 Å². The van der Waals surface area contributed by atoms with Crippen molar-refractivity contribution in [2.24, 2.45) is 16.8 Å². The Morgan fingerprint density at radius 2 is 2.12 bits per heavy atom. The van der Waals surface area contributed by atoms with E-state index in [2.05, 4.69) is 36.0 Å². The monoisotopic (exact) mass is 343 g/mol. The summed E-state index contributed by atoms with van der Waals surface area (Å²) in [6, 6.07) is 0. The number of rotatable bonds is 11. The minimum Gasteiger partial charge on any atom is -0.382 e. The van der Waals surface area contributed by atoms with Crippen LogP contribution in [0.2, 0.25) is 0 Å². The highest BCUT2D eigenvalue weighted by Crippen LogP contribution is 2.17. The number of ether oxygens (including phenoxy) is 3. The third kappa shape index (κ3) is 7.81. The van der Waals surface area contributed by atoms with Gasteiger partial charge in [0.1, 0.15) is 0 Å². The molecule has 1 aliphatic heterocycles. The molecule has 142 valence electrons. The van der Waals surface area contributed by atoms with Crippen LogP contribution in [0.5, 0.6) is 0 Å². The van der Waals surface area contributed by atoms with Crippen molar-refractivity contribution in [1.82, 2.24) is 10.2 Å². The molecule has 6 nitrogen and oxygen atoms in total. The van der Waals surface area contributed by atoms with E-state index >= 15 is 0 Å². The van der Waals surface area contributed by atoms with Crippen molar-refractivity contribution >= 4 is 5.96 Å². The Labute approximate surface area is 147 Å². The lowest BCUT2D eigenvalue weighted by atomic mass is 10.0. The number of nitrogens with zero attached hydrogens (tertiary/aromatic N) is 2. The van der Waals surface area contributed by atoms with E-state index in [9.17, 15) is 0 Å². The molecule has 1 heterocycles. The molecule has 0 radical (unpaired) electrons. The predicted molar refractivity (Wildman–Crippen MR) is 98.6 cm³/mol. The number of methoxy groups -OCH3 is 1. The fourth-order valence-electron chi connectivity index (χ4n) is 3.04. The van der Waals surface area contributed by atoms with Crippen molar-refractivity contribution in [3.8, 4) is 0 Å². The molecule has 1 rings (SSSR count). The summed E-state index contributed by atoms with van der Waals surface area (Å²) in [6.07, 6.45) is 2.46. The molecule has 6 heteroatoms. The summed E-state index contributed by atoms with van der Waals surface area (Å²) >= 11 is 0. The zero-order valence-electron chi connectivity index (χ0n) is 16.2. The Morgan fingerprint density at radius 3 is 2.75 bits per heavy atom. The van der Waals surface area contributed by atoms with Gasteiger partial charge in [-0.3, -0.25) is 4.99 Å². The van der Waals surface area contributed by atoms with Crippen molar-refractivity contribution < 1.29 is 14.2 Å². The van der Waals surface area contributed by atoms with Gasteiger partial charge in [0, 0.05) is 46.3 Å². The molecule has 0 aliphatic carbocycles. The number of hydrogen-bond donors (Lipinski definition) is 1. The molecular formula is C18H37N3O3. The van der Waals surface area contributed by atoms with E-state index in [-0.39, 0.29) is 0 Å². The van der Waals surface area contributed by atoms with Crippen LogP contribution in [-0.4, -0.2) is 77.2 Å². The maximum Gasteiger partial charge on any atom is 0.193 e. The Morgan fingerprint density at radius 1 is 1.33 bits per heavy atom. The number of hydrogen-bond acceptors (Lipinski definition) is 4. The molecule has 1 saturated heterocycles. The summed E-state index contributed by atoms with van der Waals surface area (Å²) < 4.78 is 16.5. The Hall–Kier alpha value is -0.850. The normalized spacial score (nSPS) is 20.0. The standard InChI is InChI=1S/C18H37N3O3/c1-6-24-17(15(2)3)7-9-20-18(19-4)21-10-8-16(13-21)14-23-12-11-22-5/h15-17H,6-14H2,1-5H3,(H,19,20). The van der Waals surface area contributed by atoms with Crippen molar-refractivity contribution in [3.05, 3.63) is 0 Å². The Balaban J connectivity index is 2.29. The highest BCUT2D eigenvalue weighted by atomic mass is 16.5. The Bertz CT molecular complexity index is 350. The van der Waals surface area contributed by atoms with Gasteiger partial charge in [0.25, 0.3) is 0 Å². The molecule has 24 heavy (non-hydrogen) atoms. The van der Waals surface area contributed by atoms with Crippen LogP contribution in [0.15, 0.2) is 4.99 Å². The van der Waals surface area contributed by atoms with E-state index in [4.69, 9.17) is 14.2 Å². The maximum atomic E-state index is 5.81. The first-order valence-corrected chi connectivity index (χ1v) is 9.26. The quantitative estimate of drug-likeness (QED) is 0.353. The first kappa shape index (κ1) is 21.2. The molecule has 0 aromatic carbocycles. The lowest BCUT2D eigenvalue weighted by molar-refractivity contribution is 0.0257. The number of nitrogens with one attached hydrogen (secondary N) is 1. The highest BCUT2D eigenvalue weighted by molar-refractivity contribution is 5.80. The first-order chi connectivity index (χ1) is 11.6. The molecule has 0 aromatic heterocycles. The van der Waals surface area contributed by atoms with Crippen LogP contribution in [0.4, 0.5) is 0 Å². The van der Waals surface area contributed by atoms with Gasteiger partial charge >= 0.3 is 0 Å². The van der Waals surface area contributed by atoms with Crippen molar-refractivity contribution in [2.45, 2.75) is 39.7 Å². The van der Waals surface area contributed by atoms with Crippen LogP contribution in [0.3, 0.4) is 0 Å². The van der Waals surface area contributed by atoms with E-state index in [1.54, 1.807) is 7.11 Å². The second-order valence-electron chi connectivity index (χ2n) is 6.67. The summed E-state index contributed by atoms with van der Waals surface area (Å²) in [5.41, 5.74) is 0. The van der Waals surface area contributed by atoms with E-state index in [1.807, 2.05) is 7.05 Å². The third-order valence-electron chi connectivity index (χ3n) is 4.42. The van der Waals surface area contributed by atoms with E-state index in [0.29, 0.717) is 31.2 Å². The third-order valence-corrected chi connectivity index (χ3v) is 4.42. The van der Waals surface area contributed by atoms with Gasteiger partial charge in [-0.25, -0.2) is 0 Å². The molecule has 1 aliphatic rings. The summed E-state index contributed by atoms with van der Waals surface area (Å²) in [5.74, 6) is 2.11. The van der Waals surface area contributed by atoms with Gasteiger partial charge in [0.15, 0.2) is 5.96 Å². The smallest absolute Gasteiger partial charge is 0.193 e. The van der Waals surface area contributed by atoms with Gasteiger partial charge in [-0.2, -0.15) is 0 Å². The fraction of sp³-hybridized carbons (Fsp3) is 0.944. The summed E-state index contributed by atoms with van der Waals surface area (Å²) in [7, 11) is 3.55. The van der Waals surface area contributed by atoms with E-state index in [1.165, 1.54) is 0 Å². The largest absolute Gasteiger partial charge is 0.382 e. The molecule has 2 unspecified atom stereocenters. The van der Waals surface area contributed by atoms with Gasteiger partial charge in [-0.1, -0.05) is 13.8 Å². The van der Waals surface area contributed by atoms with Gasteiger partial charge in [-0.05, 0) is 25.7 Å². The minimum absolute atomic E-state index is 0.307. The molecular weight excluding hydrogens is 306 g/mol. The fourth-order valence-corrected chi connectivity index (χ4v) is 3.04. The molecule has 2 atom stereocenters. The average molecular weight is 344 g/mol. The number of aliphatic imine (C=N–C) groups is 1. The van der Waals surface area contributed by atoms with Crippen LogP contribution in [0, 0.1) is 11.8 Å². The highest BCUT2D eigenvalue weighted by Gasteiger charge is 2.25. The van der Waals surface area contributed by atoms with Gasteiger partial charge in [-0.15, -0.1) is 0 Å². The zero-order valence-corrected chi connectivity index (χ0v) is 16.2. The maximum absolute atomic E-state index is 5.81. The van der Waals surface area contributed by atoms with Gasteiger partial charge in [0.05, 0.1) is 25.9 Å². The second kappa shape index (κ2) is 12.5. The lowest BCUT2D eigenvalue weighted by Gasteiger charge is -2.24. The van der Waals surface area contributed by atoms with Gasteiger partial charge in [0.2, 0.25) is 0 Å². The Kier molecular flexibility index (Phi) is 11.0. The average Bonchev–Trinajstić information content (AvgIpc) is 3.03.